The van der Waals surface area contributed by atoms with Crippen LogP contribution in [0.25, 0.3) is 11.6 Å². The Balaban J connectivity index is 1.96. The van der Waals surface area contributed by atoms with Gasteiger partial charge in [-0.3, -0.25) is 24.5 Å². The number of anilines is 1. The minimum absolute atomic E-state index is 0.00364. The zero-order chi connectivity index (χ0) is 26.2. The Kier molecular flexibility index (Phi) is 6.37. The zero-order valence-electron chi connectivity index (χ0n) is 19.5. The lowest BCUT2D eigenvalue weighted by Crippen LogP contribution is -2.29. The van der Waals surface area contributed by atoms with E-state index in [-0.39, 0.29) is 22.7 Å². The van der Waals surface area contributed by atoms with Crippen molar-refractivity contribution >= 4 is 38.7 Å². The molecule has 0 atom stereocenters. The van der Waals surface area contributed by atoms with Gasteiger partial charge >= 0.3 is 0 Å². The molecule has 1 aliphatic rings. The van der Waals surface area contributed by atoms with Gasteiger partial charge in [0.05, 0.1) is 52.8 Å². The fourth-order valence-corrected chi connectivity index (χ4v) is 5.45. The molecule has 0 amide bonds. The van der Waals surface area contributed by atoms with Crippen molar-refractivity contribution in [3.63, 3.8) is 0 Å². The monoisotopic (exact) mass is 511 g/mol. The number of aryl methyl sites for hydroxylation is 1. The van der Waals surface area contributed by atoms with Crippen LogP contribution in [0, 0.1) is 27.2 Å². The first-order valence-electron chi connectivity index (χ1n) is 10.6. The molecule has 0 aromatic heterocycles. The number of sulfonamides is 1. The van der Waals surface area contributed by atoms with Crippen molar-refractivity contribution < 1.29 is 27.7 Å². The number of methoxy groups -OCH3 is 2. The van der Waals surface area contributed by atoms with Crippen molar-refractivity contribution in [1.82, 2.24) is 0 Å². The van der Waals surface area contributed by atoms with Gasteiger partial charge < -0.3 is 9.47 Å². The van der Waals surface area contributed by atoms with Gasteiger partial charge in [0.2, 0.25) is 0 Å². The van der Waals surface area contributed by atoms with E-state index in [0.29, 0.717) is 22.6 Å². The maximum Gasteiger partial charge on any atom is 0.285 e. The van der Waals surface area contributed by atoms with Crippen LogP contribution in [0.2, 0.25) is 0 Å². The van der Waals surface area contributed by atoms with Crippen molar-refractivity contribution in [2.45, 2.75) is 11.8 Å². The highest BCUT2D eigenvalue weighted by Gasteiger charge is 2.40. The van der Waals surface area contributed by atoms with Crippen LogP contribution in [0.1, 0.15) is 16.7 Å². The van der Waals surface area contributed by atoms with E-state index in [1.807, 2.05) is 0 Å². The van der Waals surface area contributed by atoms with E-state index in [0.717, 1.165) is 22.0 Å². The number of nitrogens with zero attached hydrogens (tertiary/aromatic N) is 3. The third-order valence-corrected chi connectivity index (χ3v) is 7.52. The molecule has 0 saturated heterocycles. The van der Waals surface area contributed by atoms with Gasteiger partial charge in [-0.25, -0.2) is 8.42 Å². The maximum absolute atomic E-state index is 13.6. The van der Waals surface area contributed by atoms with Crippen molar-refractivity contribution in [1.29, 1.82) is 0 Å². The summed E-state index contributed by atoms with van der Waals surface area (Å²) in [5, 5.41) is 23.4. The van der Waals surface area contributed by atoms with Crippen LogP contribution in [0.5, 0.6) is 11.5 Å². The summed E-state index contributed by atoms with van der Waals surface area (Å²) in [5.74, 6) is 0.879. The second kappa shape index (κ2) is 9.30. The van der Waals surface area contributed by atoms with Crippen LogP contribution in [0.15, 0.2) is 59.5 Å². The lowest BCUT2D eigenvalue weighted by Gasteiger charge is -2.19. The lowest BCUT2D eigenvalue weighted by molar-refractivity contribution is -0.394. The molecule has 3 aromatic rings. The van der Waals surface area contributed by atoms with Crippen molar-refractivity contribution in [3.05, 3.63) is 91.5 Å². The summed E-state index contributed by atoms with van der Waals surface area (Å²) in [6, 6.07) is 12.9. The molecule has 186 valence electrons. The SMILES string of the molecule is COc1ccc(C=C2CN(S(=O)(=O)c3ccc(C)cc3)c3cc([N+](=O)[O-])cc([N+](=O)[O-])c32)cc1OC. The van der Waals surface area contributed by atoms with Gasteiger partial charge in [-0.15, -0.1) is 0 Å². The van der Waals surface area contributed by atoms with Gasteiger partial charge in [0.15, 0.2) is 11.5 Å². The third-order valence-electron chi connectivity index (χ3n) is 5.75. The van der Waals surface area contributed by atoms with Crippen molar-refractivity contribution in [2.75, 3.05) is 25.1 Å². The average molecular weight is 512 g/mol. The van der Waals surface area contributed by atoms with Crippen LogP contribution in [-0.4, -0.2) is 39.0 Å². The van der Waals surface area contributed by atoms with Gasteiger partial charge in [0, 0.05) is 6.07 Å². The Morgan fingerprint density at radius 2 is 1.58 bits per heavy atom. The molecule has 0 unspecified atom stereocenters. The Hall–Kier alpha value is -4.45. The summed E-state index contributed by atoms with van der Waals surface area (Å²) in [5.41, 5.74) is 0.421. The number of hydrogen-bond donors (Lipinski definition) is 0. The fraction of sp³-hybridized carbons (Fsp3) is 0.167. The van der Waals surface area contributed by atoms with E-state index < -0.39 is 31.2 Å². The molecular weight excluding hydrogens is 490 g/mol. The molecule has 1 aliphatic heterocycles. The topological polar surface area (TPSA) is 142 Å². The number of rotatable bonds is 7. The van der Waals surface area contributed by atoms with Gasteiger partial charge in [-0.05, 0) is 48.4 Å². The molecule has 3 aromatic carbocycles. The van der Waals surface area contributed by atoms with Crippen LogP contribution >= 0.6 is 0 Å². The van der Waals surface area contributed by atoms with Gasteiger partial charge in [0.1, 0.15) is 0 Å². The first kappa shape index (κ1) is 24.7. The second-order valence-electron chi connectivity index (χ2n) is 7.98. The molecule has 1 heterocycles. The highest BCUT2D eigenvalue weighted by molar-refractivity contribution is 7.92. The number of nitro groups is 2. The van der Waals surface area contributed by atoms with Crippen molar-refractivity contribution in [2.24, 2.45) is 0 Å². The van der Waals surface area contributed by atoms with Gasteiger partial charge in [0.25, 0.3) is 21.4 Å². The highest BCUT2D eigenvalue weighted by atomic mass is 32.2. The molecule has 11 nitrogen and oxygen atoms in total. The number of fused-ring (bicyclic) bond motifs is 1. The Morgan fingerprint density at radius 1 is 0.917 bits per heavy atom. The van der Waals surface area contributed by atoms with Crippen LogP contribution < -0.4 is 13.8 Å². The van der Waals surface area contributed by atoms with Crippen LogP contribution in [0.4, 0.5) is 17.1 Å². The average Bonchev–Trinajstić information content (AvgIpc) is 3.22. The summed E-state index contributed by atoms with van der Waals surface area (Å²) in [6.45, 7) is 1.54. The maximum atomic E-state index is 13.6. The Morgan fingerprint density at radius 3 is 2.17 bits per heavy atom. The van der Waals surface area contributed by atoms with E-state index in [4.69, 9.17) is 9.47 Å². The fourth-order valence-electron chi connectivity index (χ4n) is 4.00. The summed E-state index contributed by atoms with van der Waals surface area (Å²) in [7, 11) is -1.26. The van der Waals surface area contributed by atoms with Crippen LogP contribution in [-0.2, 0) is 10.0 Å². The summed E-state index contributed by atoms with van der Waals surface area (Å²) in [4.78, 5) is 21.9. The summed E-state index contributed by atoms with van der Waals surface area (Å²) in [6.07, 6.45) is 1.59. The molecule has 0 radical (unpaired) electrons. The lowest BCUT2D eigenvalue weighted by atomic mass is 10.0. The molecular formula is C24H21N3O8S. The van der Waals surface area contributed by atoms with Crippen molar-refractivity contribution in [3.8, 4) is 11.5 Å². The molecule has 0 aliphatic carbocycles. The molecule has 12 heteroatoms. The number of nitro benzene ring substituents is 2. The predicted octanol–water partition coefficient (Wildman–Crippen LogP) is 4.58. The molecule has 4 rings (SSSR count). The van der Waals surface area contributed by atoms with E-state index in [9.17, 15) is 28.6 Å². The van der Waals surface area contributed by atoms with Crippen LogP contribution in [0.3, 0.4) is 0 Å². The number of benzene rings is 3. The van der Waals surface area contributed by atoms with E-state index in [2.05, 4.69) is 0 Å². The largest absolute Gasteiger partial charge is 0.493 e. The third kappa shape index (κ3) is 4.33. The molecule has 0 saturated carbocycles. The molecule has 36 heavy (non-hydrogen) atoms. The number of hydrogen-bond acceptors (Lipinski definition) is 8. The minimum Gasteiger partial charge on any atom is -0.493 e. The second-order valence-corrected chi connectivity index (χ2v) is 9.84. The summed E-state index contributed by atoms with van der Waals surface area (Å²) >= 11 is 0. The van der Waals surface area contributed by atoms with Gasteiger partial charge in [-0.2, -0.15) is 0 Å². The van der Waals surface area contributed by atoms with E-state index in [1.165, 1.54) is 26.4 Å². The number of non-ortho nitro benzene ring substituents is 1. The Labute approximate surface area is 206 Å². The standard InChI is InChI=1S/C24H21N3O8S/c1-15-4-7-19(8-5-15)36(32,33)25-14-17(10-16-6-9-22(34-2)23(11-16)35-3)24-20(25)12-18(26(28)29)13-21(24)27(30)31/h4-13H,14H2,1-3H3. The molecule has 0 spiro atoms. The highest BCUT2D eigenvalue weighted by Crippen LogP contribution is 2.47. The van der Waals surface area contributed by atoms with E-state index in [1.54, 1.807) is 43.3 Å². The zero-order valence-corrected chi connectivity index (χ0v) is 20.3. The van der Waals surface area contributed by atoms with E-state index >= 15 is 0 Å². The Bertz CT molecular complexity index is 1520. The van der Waals surface area contributed by atoms with Gasteiger partial charge in [-0.1, -0.05) is 23.8 Å². The summed E-state index contributed by atoms with van der Waals surface area (Å²) < 4.78 is 38.7. The predicted molar refractivity (Wildman–Crippen MR) is 133 cm³/mol. The first-order chi connectivity index (χ1) is 17.1. The molecule has 0 N–H and O–H groups in total. The molecule has 0 bridgehead atoms. The smallest absolute Gasteiger partial charge is 0.285 e. The quantitative estimate of drug-likeness (QED) is 0.331. The first-order valence-corrected chi connectivity index (χ1v) is 12.0. The number of ether oxygens (including phenoxy) is 2. The normalized spacial score (nSPS) is 14.0. The minimum atomic E-state index is -4.20. The molecule has 0 fully saturated rings.